The maximum Gasteiger partial charge on any atom is 0.306 e. The Balaban J connectivity index is 2.85. The maximum absolute atomic E-state index is 12.4. The second kappa shape index (κ2) is 5.53. The Kier molecular flexibility index (Phi) is 4.34. The van der Waals surface area contributed by atoms with Gasteiger partial charge in [-0.15, -0.1) is 6.42 Å². The summed E-state index contributed by atoms with van der Waals surface area (Å²) in [6.45, 7) is 0. The number of rotatable bonds is 4. The Hall–Kier alpha value is -1.52. The second-order valence-corrected chi connectivity index (χ2v) is 5.96. The van der Waals surface area contributed by atoms with Crippen LogP contribution < -0.4 is 5.30 Å². The first-order valence-corrected chi connectivity index (χ1v) is 6.71. The van der Waals surface area contributed by atoms with E-state index in [0.29, 0.717) is 5.30 Å². The normalized spacial score (nSPS) is 13.5. The average molecular weight is 236 g/mol. The highest BCUT2D eigenvalue weighted by molar-refractivity contribution is 7.76. The van der Waals surface area contributed by atoms with E-state index in [9.17, 15) is 9.36 Å². The molecule has 0 fully saturated rings. The SMILES string of the molecule is C#CP(=O)(CCC(=O)OC)c1ccccc1. The predicted octanol–water partition coefficient (Wildman–Crippen LogP) is 1.83. The van der Waals surface area contributed by atoms with E-state index >= 15 is 0 Å². The van der Waals surface area contributed by atoms with Gasteiger partial charge < -0.3 is 9.30 Å². The summed E-state index contributed by atoms with van der Waals surface area (Å²) in [4.78, 5) is 11.0. The quantitative estimate of drug-likeness (QED) is 0.455. The van der Waals surface area contributed by atoms with Gasteiger partial charge in [0.15, 0.2) is 7.14 Å². The molecule has 1 aromatic carbocycles. The Morgan fingerprint density at radius 2 is 2.06 bits per heavy atom. The fourth-order valence-electron chi connectivity index (χ4n) is 1.29. The van der Waals surface area contributed by atoms with Gasteiger partial charge in [0, 0.05) is 11.5 Å². The maximum atomic E-state index is 12.4. The monoisotopic (exact) mass is 236 g/mol. The first-order valence-electron chi connectivity index (χ1n) is 4.82. The second-order valence-electron chi connectivity index (χ2n) is 3.25. The van der Waals surface area contributed by atoms with Gasteiger partial charge in [-0.05, 0) is 5.66 Å². The summed E-state index contributed by atoms with van der Waals surface area (Å²) in [6.07, 6.45) is 5.53. The lowest BCUT2D eigenvalue weighted by Crippen LogP contribution is -2.10. The van der Waals surface area contributed by atoms with Crippen molar-refractivity contribution in [3.05, 3.63) is 30.3 Å². The molecule has 3 nitrogen and oxygen atoms in total. The van der Waals surface area contributed by atoms with Crippen molar-refractivity contribution in [3.8, 4) is 12.1 Å². The van der Waals surface area contributed by atoms with Crippen molar-refractivity contribution in [2.24, 2.45) is 0 Å². The number of hydrogen-bond donors (Lipinski definition) is 0. The molecular formula is C12H13O3P. The highest BCUT2D eigenvalue weighted by Crippen LogP contribution is 2.43. The van der Waals surface area contributed by atoms with E-state index in [1.807, 2.05) is 6.07 Å². The molecule has 0 saturated heterocycles. The third kappa shape index (κ3) is 2.98. The topological polar surface area (TPSA) is 43.4 Å². The summed E-state index contributed by atoms with van der Waals surface area (Å²) < 4.78 is 16.9. The van der Waals surface area contributed by atoms with Gasteiger partial charge in [0.25, 0.3) is 0 Å². The number of terminal acetylenes is 1. The van der Waals surface area contributed by atoms with Crippen LogP contribution in [-0.2, 0) is 14.1 Å². The molecule has 1 rings (SSSR count). The number of carbonyl (C=O) groups is 1. The molecular weight excluding hydrogens is 223 g/mol. The van der Waals surface area contributed by atoms with Crippen LogP contribution in [0.4, 0.5) is 0 Å². The van der Waals surface area contributed by atoms with Crippen LogP contribution in [0, 0.1) is 12.1 Å². The van der Waals surface area contributed by atoms with Crippen molar-refractivity contribution in [1.82, 2.24) is 0 Å². The summed E-state index contributed by atoms with van der Waals surface area (Å²) in [5, 5.41) is 0.612. The molecule has 0 heterocycles. The number of esters is 1. The molecule has 0 saturated carbocycles. The van der Waals surface area contributed by atoms with E-state index in [1.165, 1.54) is 7.11 Å². The molecule has 1 aromatic rings. The molecule has 0 bridgehead atoms. The number of benzene rings is 1. The lowest BCUT2D eigenvalue weighted by atomic mass is 10.4. The standard InChI is InChI=1S/C12H13O3P/c1-3-16(14,10-9-12(13)15-2)11-7-5-4-6-8-11/h1,4-8H,9-10H2,2H3. The van der Waals surface area contributed by atoms with Gasteiger partial charge in [-0.25, -0.2) is 0 Å². The molecule has 0 aliphatic heterocycles. The van der Waals surface area contributed by atoms with Gasteiger partial charge in [-0.2, -0.15) is 0 Å². The zero-order chi connectivity index (χ0) is 12.0. The van der Waals surface area contributed by atoms with E-state index in [0.717, 1.165) is 0 Å². The van der Waals surface area contributed by atoms with E-state index in [4.69, 9.17) is 6.42 Å². The van der Waals surface area contributed by atoms with Crippen LogP contribution in [0.2, 0.25) is 0 Å². The molecule has 0 radical (unpaired) electrons. The van der Waals surface area contributed by atoms with Crippen molar-refractivity contribution in [3.63, 3.8) is 0 Å². The number of hydrogen-bond acceptors (Lipinski definition) is 3. The fourth-order valence-corrected chi connectivity index (χ4v) is 2.98. The lowest BCUT2D eigenvalue weighted by Gasteiger charge is -2.11. The van der Waals surface area contributed by atoms with E-state index < -0.39 is 13.1 Å². The Labute approximate surface area is 95.2 Å². The summed E-state index contributed by atoms with van der Waals surface area (Å²) in [7, 11) is -1.60. The zero-order valence-electron chi connectivity index (χ0n) is 9.05. The number of methoxy groups -OCH3 is 1. The zero-order valence-corrected chi connectivity index (χ0v) is 9.94. The summed E-state index contributed by atoms with van der Waals surface area (Å²) in [5.74, 6) is -0.397. The van der Waals surface area contributed by atoms with Crippen LogP contribution in [0.15, 0.2) is 30.3 Å². The molecule has 4 heteroatoms. The Morgan fingerprint density at radius 1 is 1.44 bits per heavy atom. The third-order valence-electron chi connectivity index (χ3n) is 2.24. The van der Waals surface area contributed by atoms with E-state index in [-0.39, 0.29) is 12.6 Å². The highest BCUT2D eigenvalue weighted by atomic mass is 31.2. The van der Waals surface area contributed by atoms with Crippen LogP contribution in [-0.4, -0.2) is 19.2 Å². The van der Waals surface area contributed by atoms with Crippen molar-refractivity contribution in [1.29, 1.82) is 0 Å². The first-order chi connectivity index (χ1) is 7.62. The molecule has 0 aromatic heterocycles. The Bertz CT molecular complexity index is 445. The first kappa shape index (κ1) is 12.5. The van der Waals surface area contributed by atoms with E-state index in [1.54, 1.807) is 24.3 Å². The van der Waals surface area contributed by atoms with Crippen LogP contribution in [0.3, 0.4) is 0 Å². The van der Waals surface area contributed by atoms with Crippen molar-refractivity contribution in [2.75, 3.05) is 13.3 Å². The Morgan fingerprint density at radius 3 is 2.56 bits per heavy atom. The summed E-state index contributed by atoms with van der Waals surface area (Å²) in [5.41, 5.74) is 2.32. The van der Waals surface area contributed by atoms with Gasteiger partial charge >= 0.3 is 5.97 Å². The van der Waals surface area contributed by atoms with Gasteiger partial charge in [-0.1, -0.05) is 30.3 Å². The van der Waals surface area contributed by atoms with Crippen molar-refractivity contribution in [2.45, 2.75) is 6.42 Å². The third-order valence-corrected chi connectivity index (χ3v) is 4.64. The molecule has 1 unspecified atom stereocenters. The molecule has 0 aliphatic rings. The molecule has 0 spiro atoms. The molecule has 0 amide bonds. The smallest absolute Gasteiger partial charge is 0.306 e. The minimum absolute atomic E-state index is 0.0763. The average Bonchev–Trinajstić information content (AvgIpc) is 2.36. The number of carbonyl (C=O) groups excluding carboxylic acids is 1. The summed E-state index contributed by atoms with van der Waals surface area (Å²) >= 11 is 0. The fraction of sp³-hybridized carbons (Fsp3) is 0.250. The minimum Gasteiger partial charge on any atom is -0.469 e. The highest BCUT2D eigenvalue weighted by Gasteiger charge is 2.22. The largest absolute Gasteiger partial charge is 0.469 e. The van der Waals surface area contributed by atoms with E-state index in [2.05, 4.69) is 10.4 Å². The molecule has 84 valence electrons. The molecule has 1 atom stereocenters. The van der Waals surface area contributed by atoms with Gasteiger partial charge in [0.05, 0.1) is 13.5 Å². The minimum atomic E-state index is -2.89. The molecule has 0 N–H and O–H groups in total. The van der Waals surface area contributed by atoms with Crippen molar-refractivity contribution < 1.29 is 14.1 Å². The van der Waals surface area contributed by atoms with Gasteiger partial charge in [0.2, 0.25) is 0 Å². The predicted molar refractivity (Wildman–Crippen MR) is 64.0 cm³/mol. The van der Waals surface area contributed by atoms with Crippen LogP contribution in [0.5, 0.6) is 0 Å². The lowest BCUT2D eigenvalue weighted by molar-refractivity contribution is -0.140. The molecule has 16 heavy (non-hydrogen) atoms. The van der Waals surface area contributed by atoms with Crippen LogP contribution in [0.25, 0.3) is 0 Å². The summed E-state index contributed by atoms with van der Waals surface area (Å²) in [6, 6.07) is 8.81. The van der Waals surface area contributed by atoms with Crippen molar-refractivity contribution >= 4 is 18.4 Å². The van der Waals surface area contributed by atoms with Crippen LogP contribution in [0.1, 0.15) is 6.42 Å². The van der Waals surface area contributed by atoms with Crippen LogP contribution >= 0.6 is 7.14 Å². The van der Waals surface area contributed by atoms with Gasteiger partial charge in [-0.3, -0.25) is 4.79 Å². The molecule has 0 aliphatic carbocycles. The number of ether oxygens (including phenoxy) is 1. The van der Waals surface area contributed by atoms with Gasteiger partial charge in [0.1, 0.15) is 0 Å².